The molecule has 1 heterocycles. The molecule has 0 aliphatic carbocycles. The summed E-state index contributed by atoms with van der Waals surface area (Å²) in [4.78, 5) is 37.3. The number of para-hydroxylation sites is 1. The molecule has 25 heavy (non-hydrogen) atoms. The molecule has 0 bridgehead atoms. The number of methoxy groups -OCH3 is 1. The highest BCUT2D eigenvalue weighted by atomic mass is 19.1. The van der Waals surface area contributed by atoms with E-state index in [4.69, 9.17) is 4.74 Å². The predicted molar refractivity (Wildman–Crippen MR) is 88.4 cm³/mol. The fourth-order valence-electron chi connectivity index (χ4n) is 2.38. The minimum Gasteiger partial charge on any atom is -0.497 e. The van der Waals surface area contributed by atoms with Crippen molar-refractivity contribution in [1.82, 2.24) is 5.32 Å². The Labute approximate surface area is 142 Å². The number of carbonyl (C=O) groups excluding carboxylic acids is 3. The SMILES string of the molecule is COc1ccc(C=C2C(=O)NC(=O)N(c3ccccc3F)C2=O)cc1. The summed E-state index contributed by atoms with van der Waals surface area (Å²) in [5.74, 6) is -1.86. The average molecular weight is 340 g/mol. The van der Waals surface area contributed by atoms with Gasteiger partial charge in [-0.25, -0.2) is 14.1 Å². The monoisotopic (exact) mass is 340 g/mol. The Hall–Kier alpha value is -3.48. The first-order chi connectivity index (χ1) is 12.0. The number of urea groups is 1. The van der Waals surface area contributed by atoms with E-state index in [0.29, 0.717) is 16.2 Å². The van der Waals surface area contributed by atoms with Crippen LogP contribution < -0.4 is 15.0 Å². The zero-order chi connectivity index (χ0) is 18.0. The maximum Gasteiger partial charge on any atom is 0.336 e. The Morgan fingerprint density at radius 2 is 1.72 bits per heavy atom. The Bertz CT molecular complexity index is 890. The third kappa shape index (κ3) is 3.12. The van der Waals surface area contributed by atoms with Crippen LogP contribution in [0, 0.1) is 5.82 Å². The molecule has 0 atom stereocenters. The van der Waals surface area contributed by atoms with Crippen molar-refractivity contribution in [3.63, 3.8) is 0 Å². The van der Waals surface area contributed by atoms with Crippen LogP contribution in [0.3, 0.4) is 0 Å². The van der Waals surface area contributed by atoms with Gasteiger partial charge in [0.25, 0.3) is 11.8 Å². The molecule has 1 saturated heterocycles. The fourth-order valence-corrected chi connectivity index (χ4v) is 2.38. The number of amides is 4. The van der Waals surface area contributed by atoms with Crippen LogP contribution in [0.25, 0.3) is 6.08 Å². The lowest BCUT2D eigenvalue weighted by Gasteiger charge is -2.26. The number of barbiturate groups is 1. The summed E-state index contributed by atoms with van der Waals surface area (Å²) >= 11 is 0. The molecular formula is C18H13FN2O4. The highest BCUT2D eigenvalue weighted by Gasteiger charge is 2.37. The number of benzene rings is 2. The van der Waals surface area contributed by atoms with Gasteiger partial charge in [-0.1, -0.05) is 24.3 Å². The smallest absolute Gasteiger partial charge is 0.336 e. The number of hydrogen-bond acceptors (Lipinski definition) is 4. The molecule has 6 nitrogen and oxygen atoms in total. The number of halogens is 1. The van der Waals surface area contributed by atoms with E-state index in [1.54, 1.807) is 24.3 Å². The predicted octanol–water partition coefficient (Wildman–Crippen LogP) is 2.50. The number of ether oxygens (including phenoxy) is 1. The van der Waals surface area contributed by atoms with Gasteiger partial charge in [0, 0.05) is 0 Å². The molecular weight excluding hydrogens is 327 g/mol. The van der Waals surface area contributed by atoms with Gasteiger partial charge in [0.1, 0.15) is 17.1 Å². The molecule has 126 valence electrons. The van der Waals surface area contributed by atoms with E-state index in [1.165, 1.54) is 31.4 Å². The number of imide groups is 2. The largest absolute Gasteiger partial charge is 0.497 e. The molecule has 1 aliphatic rings. The summed E-state index contributed by atoms with van der Waals surface area (Å²) < 4.78 is 19.0. The van der Waals surface area contributed by atoms with Crippen LogP contribution in [0.5, 0.6) is 5.75 Å². The molecule has 1 N–H and O–H groups in total. The summed E-state index contributed by atoms with van der Waals surface area (Å²) in [7, 11) is 1.52. The van der Waals surface area contributed by atoms with Crippen molar-refractivity contribution in [2.45, 2.75) is 0 Å². The van der Waals surface area contributed by atoms with Crippen LogP contribution >= 0.6 is 0 Å². The van der Waals surface area contributed by atoms with Crippen molar-refractivity contribution in [3.8, 4) is 5.75 Å². The maximum absolute atomic E-state index is 14.0. The van der Waals surface area contributed by atoms with Crippen LogP contribution in [-0.4, -0.2) is 25.0 Å². The van der Waals surface area contributed by atoms with Crippen molar-refractivity contribution < 1.29 is 23.5 Å². The van der Waals surface area contributed by atoms with Crippen LogP contribution in [-0.2, 0) is 9.59 Å². The van der Waals surface area contributed by atoms with Gasteiger partial charge in [-0.15, -0.1) is 0 Å². The summed E-state index contributed by atoms with van der Waals surface area (Å²) in [6.07, 6.45) is 1.33. The zero-order valence-electron chi connectivity index (χ0n) is 13.2. The molecule has 0 radical (unpaired) electrons. The zero-order valence-corrected chi connectivity index (χ0v) is 13.2. The first-order valence-electron chi connectivity index (χ1n) is 7.31. The Balaban J connectivity index is 2.00. The normalized spacial score (nSPS) is 16.2. The standard InChI is InChI=1S/C18H13FN2O4/c1-25-12-8-6-11(7-9-12)10-13-16(22)20-18(24)21(17(13)23)15-5-3-2-4-14(15)19/h2-10H,1H3,(H,20,22,24). The van der Waals surface area contributed by atoms with Gasteiger partial charge in [0.15, 0.2) is 0 Å². The molecule has 4 amide bonds. The summed E-state index contributed by atoms with van der Waals surface area (Å²) in [5, 5.41) is 2.05. The van der Waals surface area contributed by atoms with Crippen LogP contribution in [0.1, 0.15) is 5.56 Å². The molecule has 0 aromatic heterocycles. The molecule has 1 aliphatic heterocycles. The van der Waals surface area contributed by atoms with E-state index in [0.717, 1.165) is 6.07 Å². The van der Waals surface area contributed by atoms with Crippen molar-refractivity contribution >= 4 is 29.6 Å². The molecule has 0 saturated carbocycles. The van der Waals surface area contributed by atoms with Crippen molar-refractivity contribution in [2.75, 3.05) is 12.0 Å². The number of anilines is 1. The van der Waals surface area contributed by atoms with Crippen LogP contribution in [0.2, 0.25) is 0 Å². The van der Waals surface area contributed by atoms with E-state index in [-0.39, 0.29) is 11.3 Å². The van der Waals surface area contributed by atoms with Crippen LogP contribution in [0.15, 0.2) is 54.1 Å². The van der Waals surface area contributed by atoms with Gasteiger partial charge in [-0.3, -0.25) is 14.9 Å². The van der Waals surface area contributed by atoms with Gasteiger partial charge < -0.3 is 4.74 Å². The van der Waals surface area contributed by atoms with E-state index in [9.17, 15) is 18.8 Å². The minimum atomic E-state index is -0.994. The number of nitrogens with one attached hydrogen (secondary N) is 1. The molecule has 1 fully saturated rings. The number of rotatable bonds is 3. The molecule has 3 rings (SSSR count). The summed E-state index contributed by atoms with van der Waals surface area (Å²) in [6, 6.07) is 11.0. The van der Waals surface area contributed by atoms with Crippen molar-refractivity contribution in [3.05, 3.63) is 65.5 Å². The van der Waals surface area contributed by atoms with Gasteiger partial charge in [-0.05, 0) is 35.9 Å². The lowest BCUT2D eigenvalue weighted by molar-refractivity contribution is -0.122. The van der Waals surface area contributed by atoms with Crippen molar-refractivity contribution in [1.29, 1.82) is 0 Å². The second-order valence-electron chi connectivity index (χ2n) is 5.18. The summed E-state index contributed by atoms with van der Waals surface area (Å²) in [6.45, 7) is 0. The first-order valence-corrected chi connectivity index (χ1v) is 7.31. The second-order valence-corrected chi connectivity index (χ2v) is 5.18. The molecule has 2 aromatic rings. The fraction of sp³-hybridized carbons (Fsp3) is 0.0556. The van der Waals surface area contributed by atoms with E-state index < -0.39 is 23.7 Å². The third-order valence-corrected chi connectivity index (χ3v) is 3.62. The molecule has 7 heteroatoms. The topological polar surface area (TPSA) is 75.7 Å². The summed E-state index contributed by atoms with van der Waals surface area (Å²) in [5.41, 5.74) is 0.0632. The number of hydrogen-bond donors (Lipinski definition) is 1. The third-order valence-electron chi connectivity index (χ3n) is 3.62. The first kappa shape index (κ1) is 16.4. The average Bonchev–Trinajstić information content (AvgIpc) is 2.60. The Kier molecular flexibility index (Phi) is 4.30. The maximum atomic E-state index is 14.0. The minimum absolute atomic E-state index is 0.224. The number of nitrogens with zero attached hydrogens (tertiary/aromatic N) is 1. The van der Waals surface area contributed by atoms with Gasteiger partial charge >= 0.3 is 6.03 Å². The molecule has 2 aromatic carbocycles. The van der Waals surface area contributed by atoms with Gasteiger partial charge in [-0.2, -0.15) is 0 Å². The Morgan fingerprint density at radius 3 is 2.36 bits per heavy atom. The highest BCUT2D eigenvalue weighted by Crippen LogP contribution is 2.24. The van der Waals surface area contributed by atoms with Gasteiger partial charge in [0.2, 0.25) is 0 Å². The van der Waals surface area contributed by atoms with E-state index in [1.807, 2.05) is 5.32 Å². The van der Waals surface area contributed by atoms with Crippen molar-refractivity contribution in [2.24, 2.45) is 0 Å². The van der Waals surface area contributed by atoms with Gasteiger partial charge in [0.05, 0.1) is 12.8 Å². The second kappa shape index (κ2) is 6.56. The molecule has 0 unspecified atom stereocenters. The van der Waals surface area contributed by atoms with E-state index in [2.05, 4.69) is 0 Å². The lowest BCUT2D eigenvalue weighted by Crippen LogP contribution is -2.54. The van der Waals surface area contributed by atoms with E-state index >= 15 is 0 Å². The quantitative estimate of drug-likeness (QED) is 0.688. The highest BCUT2D eigenvalue weighted by molar-refractivity contribution is 6.39. The number of carbonyl (C=O) groups is 3. The van der Waals surface area contributed by atoms with Crippen LogP contribution in [0.4, 0.5) is 14.9 Å². The molecule has 0 spiro atoms. The lowest BCUT2D eigenvalue weighted by atomic mass is 10.1. The Morgan fingerprint density at radius 1 is 1.04 bits per heavy atom.